The molecule has 0 aliphatic carbocycles. The first-order valence-electron chi connectivity index (χ1n) is 7.61. The van der Waals surface area contributed by atoms with Crippen molar-refractivity contribution in [2.75, 3.05) is 21.3 Å². The minimum Gasteiger partial charge on any atom is -0.457 e. The third-order valence-corrected chi connectivity index (χ3v) is 6.89. The highest BCUT2D eigenvalue weighted by Crippen LogP contribution is 2.35. The quantitative estimate of drug-likeness (QED) is 0.669. The first-order valence-corrected chi connectivity index (χ1v) is 9.54. The molecule has 0 radical (unpaired) electrons. The third-order valence-electron chi connectivity index (χ3n) is 3.91. The van der Waals surface area contributed by atoms with Gasteiger partial charge in [0.15, 0.2) is 0 Å². The molecular weight excluding hydrogens is 308 g/mol. The Kier molecular flexibility index (Phi) is 6.35. The van der Waals surface area contributed by atoms with E-state index in [1.807, 2.05) is 48.5 Å². The number of hydrogen-bond acceptors (Lipinski definition) is 4. The zero-order chi connectivity index (χ0) is 16.7. The van der Waals surface area contributed by atoms with E-state index < -0.39 is 8.80 Å². The summed E-state index contributed by atoms with van der Waals surface area (Å²) in [5.74, 6) is 1.85. The van der Waals surface area contributed by atoms with E-state index in [1.165, 1.54) is 0 Å². The Hall–Kier alpha value is -1.66. The van der Waals surface area contributed by atoms with E-state index in [-0.39, 0.29) is 5.92 Å². The maximum atomic E-state index is 6.04. The van der Waals surface area contributed by atoms with Gasteiger partial charge in [-0.1, -0.05) is 43.3 Å². The zero-order valence-corrected chi connectivity index (χ0v) is 15.1. The molecule has 124 valence electrons. The largest absolute Gasteiger partial charge is 0.500 e. The molecule has 1 atom stereocenters. The first-order chi connectivity index (χ1) is 11.1. The molecule has 0 aromatic heterocycles. The fraction of sp³-hybridized carbons (Fsp3) is 0.333. The monoisotopic (exact) mass is 332 g/mol. The molecule has 0 saturated carbocycles. The molecule has 0 saturated heterocycles. The molecule has 0 N–H and O–H groups in total. The van der Waals surface area contributed by atoms with Crippen LogP contribution in [-0.4, -0.2) is 30.1 Å². The minimum atomic E-state index is -2.63. The van der Waals surface area contributed by atoms with Crippen molar-refractivity contribution in [2.24, 2.45) is 0 Å². The zero-order valence-electron chi connectivity index (χ0n) is 14.1. The summed E-state index contributed by atoms with van der Waals surface area (Å²) in [5.41, 5.74) is 1.11. The molecule has 0 amide bonds. The van der Waals surface area contributed by atoms with E-state index in [0.717, 1.165) is 17.1 Å². The fourth-order valence-electron chi connectivity index (χ4n) is 2.58. The van der Waals surface area contributed by atoms with Crippen LogP contribution in [0, 0.1) is 0 Å². The van der Waals surface area contributed by atoms with Crippen molar-refractivity contribution in [3.05, 3.63) is 60.2 Å². The Morgan fingerprint density at radius 2 is 1.39 bits per heavy atom. The molecule has 0 heterocycles. The second-order valence-electron chi connectivity index (χ2n) is 5.35. The van der Waals surface area contributed by atoms with Crippen LogP contribution in [0.5, 0.6) is 11.5 Å². The highest BCUT2D eigenvalue weighted by atomic mass is 28.4. The standard InChI is InChI=1S/C18H24O4Si/c1-15(14-23(19-2,20-3)21-4)17-12-8-9-13-18(17)22-16-10-6-5-7-11-16/h5-13,15H,14H2,1-4H3. The van der Waals surface area contributed by atoms with Crippen molar-refractivity contribution in [3.8, 4) is 11.5 Å². The number of rotatable bonds is 8. The van der Waals surface area contributed by atoms with Crippen LogP contribution in [0.4, 0.5) is 0 Å². The van der Waals surface area contributed by atoms with Crippen LogP contribution in [-0.2, 0) is 13.3 Å². The van der Waals surface area contributed by atoms with Crippen molar-refractivity contribution >= 4 is 8.80 Å². The molecule has 0 spiro atoms. The van der Waals surface area contributed by atoms with Crippen LogP contribution in [0.1, 0.15) is 18.4 Å². The Morgan fingerprint density at radius 1 is 0.826 bits per heavy atom. The summed E-state index contributed by atoms with van der Waals surface area (Å²) in [4.78, 5) is 0. The van der Waals surface area contributed by atoms with E-state index in [9.17, 15) is 0 Å². The topological polar surface area (TPSA) is 36.9 Å². The number of benzene rings is 2. The fourth-order valence-corrected chi connectivity index (χ4v) is 4.55. The molecule has 23 heavy (non-hydrogen) atoms. The number of ether oxygens (including phenoxy) is 1. The summed E-state index contributed by atoms with van der Waals surface area (Å²) in [5, 5.41) is 0. The molecule has 0 aliphatic heterocycles. The van der Waals surface area contributed by atoms with Gasteiger partial charge in [-0.2, -0.15) is 0 Å². The lowest BCUT2D eigenvalue weighted by Crippen LogP contribution is -2.43. The average Bonchev–Trinajstić information content (AvgIpc) is 2.61. The van der Waals surface area contributed by atoms with Gasteiger partial charge in [-0.15, -0.1) is 0 Å². The Balaban J connectivity index is 2.22. The van der Waals surface area contributed by atoms with Crippen LogP contribution >= 0.6 is 0 Å². The smallest absolute Gasteiger partial charge is 0.457 e. The van der Waals surface area contributed by atoms with Gasteiger partial charge in [0.05, 0.1) is 0 Å². The van der Waals surface area contributed by atoms with E-state index in [2.05, 4.69) is 13.0 Å². The molecule has 2 aromatic carbocycles. The van der Waals surface area contributed by atoms with Crippen LogP contribution in [0.25, 0.3) is 0 Å². The molecule has 5 heteroatoms. The normalized spacial score (nSPS) is 12.9. The lowest BCUT2D eigenvalue weighted by atomic mass is 10.0. The predicted octanol–water partition coefficient (Wildman–Crippen LogP) is 4.46. The van der Waals surface area contributed by atoms with Crippen LogP contribution in [0.2, 0.25) is 6.04 Å². The summed E-state index contributed by atoms with van der Waals surface area (Å²) in [6.07, 6.45) is 0. The van der Waals surface area contributed by atoms with Gasteiger partial charge in [0, 0.05) is 27.4 Å². The second-order valence-corrected chi connectivity index (χ2v) is 8.35. The van der Waals surface area contributed by atoms with Gasteiger partial charge in [0.2, 0.25) is 0 Å². The summed E-state index contributed by atoms with van der Waals surface area (Å²) in [7, 11) is 2.28. The first kappa shape index (κ1) is 17.7. The van der Waals surface area contributed by atoms with Gasteiger partial charge >= 0.3 is 8.80 Å². The maximum Gasteiger partial charge on any atom is 0.500 e. The van der Waals surface area contributed by atoms with Gasteiger partial charge in [0.1, 0.15) is 11.5 Å². The van der Waals surface area contributed by atoms with Gasteiger partial charge in [-0.25, -0.2) is 0 Å². The number of para-hydroxylation sites is 2. The predicted molar refractivity (Wildman–Crippen MR) is 93.0 cm³/mol. The molecule has 0 fully saturated rings. The van der Waals surface area contributed by atoms with Crippen molar-refractivity contribution in [1.29, 1.82) is 0 Å². The highest BCUT2D eigenvalue weighted by molar-refractivity contribution is 6.60. The summed E-state index contributed by atoms with van der Waals surface area (Å²) in [6, 6.07) is 18.5. The van der Waals surface area contributed by atoms with E-state index in [4.69, 9.17) is 18.0 Å². The van der Waals surface area contributed by atoms with Crippen molar-refractivity contribution < 1.29 is 18.0 Å². The van der Waals surface area contributed by atoms with Crippen LogP contribution in [0.3, 0.4) is 0 Å². The molecule has 0 bridgehead atoms. The molecule has 1 unspecified atom stereocenters. The number of hydrogen-bond donors (Lipinski definition) is 0. The average molecular weight is 332 g/mol. The lowest BCUT2D eigenvalue weighted by molar-refractivity contribution is 0.121. The van der Waals surface area contributed by atoms with E-state index >= 15 is 0 Å². The van der Waals surface area contributed by atoms with Gasteiger partial charge in [0.25, 0.3) is 0 Å². The molecule has 2 rings (SSSR count). The Labute approximate surface area is 139 Å². The van der Waals surface area contributed by atoms with Gasteiger partial charge < -0.3 is 18.0 Å². The SMILES string of the molecule is CO[Si](CC(C)c1ccccc1Oc1ccccc1)(OC)OC. The van der Waals surface area contributed by atoms with Crippen LogP contribution < -0.4 is 4.74 Å². The van der Waals surface area contributed by atoms with Crippen molar-refractivity contribution in [2.45, 2.75) is 18.9 Å². The van der Waals surface area contributed by atoms with Crippen LogP contribution in [0.15, 0.2) is 54.6 Å². The van der Waals surface area contributed by atoms with E-state index in [0.29, 0.717) is 6.04 Å². The Bertz CT molecular complexity index is 591. The van der Waals surface area contributed by atoms with E-state index in [1.54, 1.807) is 21.3 Å². The van der Waals surface area contributed by atoms with Gasteiger partial charge in [-0.05, 0) is 29.7 Å². The molecular formula is C18H24O4Si. The van der Waals surface area contributed by atoms with Gasteiger partial charge in [-0.3, -0.25) is 0 Å². The molecule has 4 nitrogen and oxygen atoms in total. The molecule has 2 aromatic rings. The molecule has 0 aliphatic rings. The Morgan fingerprint density at radius 3 is 2.00 bits per heavy atom. The summed E-state index contributed by atoms with van der Waals surface area (Å²) >= 11 is 0. The second kappa shape index (κ2) is 8.26. The lowest BCUT2D eigenvalue weighted by Gasteiger charge is -2.28. The van der Waals surface area contributed by atoms with Crippen molar-refractivity contribution in [1.82, 2.24) is 0 Å². The van der Waals surface area contributed by atoms with Crippen molar-refractivity contribution in [3.63, 3.8) is 0 Å². The summed E-state index contributed by atoms with van der Waals surface area (Å²) in [6.45, 7) is 2.13. The third kappa shape index (κ3) is 4.42. The minimum absolute atomic E-state index is 0.182. The maximum absolute atomic E-state index is 6.04. The summed E-state index contributed by atoms with van der Waals surface area (Å²) < 4.78 is 22.7. The highest BCUT2D eigenvalue weighted by Gasteiger charge is 2.40.